The zero-order valence-electron chi connectivity index (χ0n) is 57.6. The number of nitrogens with zero attached hydrogens (tertiary/aromatic N) is 8. The van der Waals surface area contributed by atoms with Gasteiger partial charge in [-0.25, -0.2) is 26.3 Å². The van der Waals surface area contributed by atoms with Crippen LogP contribution in [-0.4, -0.2) is 43.6 Å². The van der Waals surface area contributed by atoms with Crippen LogP contribution in [0.2, 0.25) is 40.2 Å². The Morgan fingerprint density at radius 3 is 0.679 bits per heavy atom. The minimum Gasteiger partial charge on any atom is -0.339 e. The molecule has 16 nitrogen and oxygen atoms in total. The summed E-state index contributed by atoms with van der Waals surface area (Å²) in [4.78, 5) is 67.0. The van der Waals surface area contributed by atoms with Gasteiger partial charge in [0.25, 0.3) is 23.6 Å². The molecule has 0 aliphatic carbocycles. The third kappa shape index (κ3) is 22.2. The molecule has 4 amide bonds. The van der Waals surface area contributed by atoms with Gasteiger partial charge in [-0.1, -0.05) is 141 Å². The van der Waals surface area contributed by atoms with Crippen LogP contribution in [0, 0.1) is 94.1 Å². The van der Waals surface area contributed by atoms with E-state index in [2.05, 4.69) is 53.3 Å². The summed E-state index contributed by atoms with van der Waals surface area (Å²) in [5.74, 6) is -6.53. The summed E-state index contributed by atoms with van der Waals surface area (Å²) in [7, 11) is 0. The number of pyridine rings is 4. The van der Waals surface area contributed by atoms with E-state index in [9.17, 15) is 45.5 Å². The summed E-state index contributed by atoms with van der Waals surface area (Å²) in [5.41, 5.74) is 4.79. The molecule has 0 bridgehead atoms. The van der Waals surface area contributed by atoms with E-state index >= 15 is 0 Å². The largest absolute Gasteiger partial charge is 0.339 e. The molecule has 0 saturated carbocycles. The molecule has 0 saturated heterocycles. The zero-order valence-corrected chi connectivity index (χ0v) is 63.6. The molecule has 4 heterocycles. The molecule has 30 heteroatoms. The molecule has 8 aromatic carbocycles. The lowest BCUT2D eigenvalue weighted by Gasteiger charge is -2.20. The first-order valence-corrected chi connectivity index (χ1v) is 35.5. The summed E-state index contributed by atoms with van der Waals surface area (Å²) in [6.45, 7) is 3.48. The highest BCUT2D eigenvalue weighted by molar-refractivity contribution is 6.32. The van der Waals surface area contributed by atoms with Gasteiger partial charge < -0.3 is 21.3 Å². The Labute approximate surface area is 676 Å². The maximum Gasteiger partial charge on any atom is 0.252 e. The molecule has 560 valence electrons. The van der Waals surface area contributed by atoms with Crippen LogP contribution < -0.4 is 21.3 Å². The average Bonchev–Trinajstić information content (AvgIpc) is 0.821. The molecular weight excluding hydrogens is 1610 g/mol. The van der Waals surface area contributed by atoms with Gasteiger partial charge in [0.1, 0.15) is 69.8 Å². The van der Waals surface area contributed by atoms with Gasteiger partial charge in [-0.2, -0.15) is 21.0 Å². The molecule has 0 spiro atoms. The Morgan fingerprint density at radius 2 is 0.491 bits per heavy atom. The second-order valence-electron chi connectivity index (χ2n) is 23.8. The molecule has 2 unspecified atom stereocenters. The number of halogens is 14. The topological polar surface area (TPSA) is 263 Å². The van der Waals surface area contributed by atoms with Gasteiger partial charge in [0, 0.05) is 67.1 Å². The van der Waals surface area contributed by atoms with E-state index in [0.29, 0.717) is 75.7 Å². The number of nitrogens with one attached hydrogen (secondary N) is 4. The van der Waals surface area contributed by atoms with Gasteiger partial charge in [0.05, 0.1) is 78.7 Å². The molecule has 112 heavy (non-hydrogen) atoms. The normalized spacial score (nSPS) is 11.5. The second-order valence-corrected chi connectivity index (χ2v) is 27.3. The summed E-state index contributed by atoms with van der Waals surface area (Å²) < 4.78 is 85.6. The molecule has 12 aromatic rings. The smallest absolute Gasteiger partial charge is 0.252 e. The Kier molecular flexibility index (Phi) is 29.4. The Balaban J connectivity index is 0.000000171. The minimum absolute atomic E-state index is 0.0233. The van der Waals surface area contributed by atoms with Crippen molar-refractivity contribution in [2.75, 3.05) is 0 Å². The SMILES string of the molecule is Cc1cc(C(=O)NC(c2ccc(Cl)cc2)c2ncc(Cl)cc2F)ccc1C#N.Cc1cc(C(=O)N[C@H](c2ccc(Cl)cc2)c2ncc(Cl)cc2F)ccc1C#N.N#Cc1ccc(C(=O)NC(c2ccc(Cl)cc2)c2ncc(Cl)cc2F)cc1F.N#Cc1ccc(C(=O)N[C@H](c2ccc(Cl)cc2)c2ncc(Cl)cc2F)cc1F. The van der Waals surface area contributed by atoms with E-state index in [1.165, 1.54) is 49.1 Å². The molecule has 4 atom stereocenters. The summed E-state index contributed by atoms with van der Waals surface area (Å²) in [6, 6.07) is 50.8. The number of aryl methyl sites for hydroxylation is 2. The number of hydrogen-bond donors (Lipinski definition) is 4. The lowest BCUT2D eigenvalue weighted by molar-refractivity contribution is 0.0933. The van der Waals surface area contributed by atoms with E-state index in [1.807, 2.05) is 0 Å². The van der Waals surface area contributed by atoms with Gasteiger partial charge in [0.15, 0.2) is 0 Å². The predicted octanol–water partition coefficient (Wildman–Crippen LogP) is 20.6. The molecular formula is C82H50Cl8F6N12O4. The van der Waals surface area contributed by atoms with Gasteiger partial charge in [-0.05, 0) is 193 Å². The number of nitriles is 4. The quantitative estimate of drug-likeness (QED) is 0.0658. The fourth-order valence-corrected chi connectivity index (χ4v) is 11.7. The Hall–Kier alpha value is -11.9. The highest BCUT2D eigenvalue weighted by atomic mass is 35.5. The van der Waals surface area contributed by atoms with E-state index in [0.717, 1.165) is 36.4 Å². The van der Waals surface area contributed by atoms with Crippen molar-refractivity contribution >= 4 is 116 Å². The van der Waals surface area contributed by atoms with Crippen LogP contribution in [-0.2, 0) is 0 Å². The molecule has 0 fully saturated rings. The van der Waals surface area contributed by atoms with E-state index in [4.69, 9.17) is 114 Å². The van der Waals surface area contributed by atoms with Crippen LogP contribution in [0.25, 0.3) is 0 Å². The number of hydrogen-bond acceptors (Lipinski definition) is 12. The van der Waals surface area contributed by atoms with Crippen molar-refractivity contribution in [2.45, 2.75) is 38.0 Å². The second kappa shape index (κ2) is 39.1. The molecule has 0 aliphatic rings. The molecule has 12 rings (SSSR count). The highest BCUT2D eigenvalue weighted by Gasteiger charge is 2.29. The van der Waals surface area contributed by atoms with Crippen LogP contribution in [0.3, 0.4) is 0 Å². The maximum absolute atomic E-state index is 14.5. The number of carbonyl (C=O) groups excluding carboxylic acids is 4. The molecule has 4 N–H and O–H groups in total. The first kappa shape index (κ1) is 84.1. The summed E-state index contributed by atoms with van der Waals surface area (Å²) in [5, 5.41) is 49.1. The molecule has 0 aliphatic heterocycles. The first-order valence-electron chi connectivity index (χ1n) is 32.4. The van der Waals surface area contributed by atoms with E-state index in [-0.39, 0.29) is 65.1 Å². The van der Waals surface area contributed by atoms with Gasteiger partial charge in [0.2, 0.25) is 0 Å². The predicted molar refractivity (Wildman–Crippen MR) is 414 cm³/mol. The summed E-state index contributed by atoms with van der Waals surface area (Å²) in [6.07, 6.45) is 5.16. The van der Waals surface area contributed by atoms with Gasteiger partial charge >= 0.3 is 0 Å². The number of carbonyl (C=O) groups is 4. The standard InChI is InChI=1S/2C21H14Cl2FN3O.2C20H11Cl2F2N3O/c2*1-12-8-14(2-3-15(12)10-25)21(28)27-19(13-4-6-16(22)7-5-13)20-18(24)9-17(23)11-26-20;2*21-14-5-3-11(4-6-14)18(19-17(24)8-15(22)10-26-19)27-20(28)12-1-2-13(9-25)16(23)7-12/h2*2-9,11,19H,1H3,(H,27,28);2*1-8,10,18H,(H,27,28)/t19-;;18-;/m1.1./s1. The van der Waals surface area contributed by atoms with Crippen molar-refractivity contribution < 1.29 is 45.5 Å². The van der Waals surface area contributed by atoms with Crippen LogP contribution in [0.5, 0.6) is 0 Å². The number of aromatic nitrogens is 4. The fourth-order valence-electron chi connectivity index (χ4n) is 10.6. The van der Waals surface area contributed by atoms with Crippen LogP contribution >= 0.6 is 92.8 Å². The lowest BCUT2D eigenvalue weighted by atomic mass is 10.0. The van der Waals surface area contributed by atoms with E-state index < -0.39 is 82.7 Å². The van der Waals surface area contributed by atoms with Crippen LogP contribution in [0.4, 0.5) is 26.3 Å². The van der Waals surface area contributed by atoms with Crippen molar-refractivity contribution in [2.24, 2.45) is 0 Å². The third-order valence-corrected chi connectivity index (χ3v) is 18.1. The minimum atomic E-state index is -0.972. The first-order chi connectivity index (χ1) is 53.5. The molecule has 4 aromatic heterocycles. The highest BCUT2D eigenvalue weighted by Crippen LogP contribution is 2.32. The summed E-state index contributed by atoms with van der Waals surface area (Å²) >= 11 is 46.8. The van der Waals surface area contributed by atoms with Crippen molar-refractivity contribution in [1.82, 2.24) is 41.2 Å². The van der Waals surface area contributed by atoms with E-state index in [1.54, 1.807) is 159 Å². The van der Waals surface area contributed by atoms with Crippen molar-refractivity contribution in [3.8, 4) is 24.3 Å². The Bertz CT molecular complexity index is 5020. The lowest BCUT2D eigenvalue weighted by Crippen LogP contribution is -2.30. The maximum atomic E-state index is 14.5. The molecule has 0 radical (unpaired) electrons. The number of rotatable bonds is 16. The number of amides is 4. The average molecular weight is 1660 g/mol. The van der Waals surface area contributed by atoms with Crippen molar-refractivity contribution in [3.05, 3.63) is 395 Å². The van der Waals surface area contributed by atoms with Crippen molar-refractivity contribution in [1.29, 1.82) is 21.0 Å². The van der Waals surface area contributed by atoms with Crippen molar-refractivity contribution in [3.63, 3.8) is 0 Å². The zero-order chi connectivity index (χ0) is 81.0. The monoisotopic (exact) mass is 1660 g/mol. The third-order valence-electron chi connectivity index (χ3n) is 16.3. The van der Waals surface area contributed by atoms with Gasteiger partial charge in [-0.15, -0.1) is 0 Å². The number of benzene rings is 8. The van der Waals surface area contributed by atoms with Crippen LogP contribution in [0.1, 0.15) is 144 Å². The fraction of sp³-hybridized carbons (Fsp3) is 0.0732. The van der Waals surface area contributed by atoms with Gasteiger partial charge in [-0.3, -0.25) is 39.1 Å². The Morgan fingerprint density at radius 1 is 0.286 bits per heavy atom. The van der Waals surface area contributed by atoms with Crippen LogP contribution in [0.15, 0.2) is 219 Å².